The molecular weight excluding hydrogens is 515 g/mol. The van der Waals surface area contributed by atoms with Crippen LogP contribution in [-0.4, -0.2) is 28.1 Å². The van der Waals surface area contributed by atoms with Crippen LogP contribution in [0.3, 0.4) is 0 Å². The number of rotatable bonds is 5. The van der Waals surface area contributed by atoms with E-state index in [1.165, 1.54) is 12.1 Å². The molecule has 0 amide bonds. The van der Waals surface area contributed by atoms with Gasteiger partial charge in [-0.15, -0.1) is 0 Å². The Morgan fingerprint density at radius 2 is 1.66 bits per heavy atom. The monoisotopic (exact) mass is 542 g/mol. The molecule has 1 atom stereocenters. The zero-order chi connectivity index (χ0) is 27.9. The molecule has 0 spiro atoms. The van der Waals surface area contributed by atoms with Crippen LogP contribution in [0.5, 0.6) is 5.75 Å². The van der Waals surface area contributed by atoms with Crippen LogP contribution in [0.1, 0.15) is 29.8 Å². The normalized spacial score (nSPS) is 15.3. The van der Waals surface area contributed by atoms with Crippen LogP contribution in [0.25, 0.3) is 5.69 Å². The van der Waals surface area contributed by atoms with Gasteiger partial charge in [0.2, 0.25) is 0 Å². The highest BCUT2D eigenvalue weighted by atomic mass is 19.1. The van der Waals surface area contributed by atoms with Gasteiger partial charge in [0.05, 0.1) is 35.4 Å². The molecule has 7 nitrogen and oxygen atoms in total. The molecule has 7 rings (SSSR count). The second-order valence-electron chi connectivity index (χ2n) is 9.86. The highest BCUT2D eigenvalue weighted by Crippen LogP contribution is 2.48. The molecule has 202 valence electrons. The third-order valence-electron chi connectivity index (χ3n) is 7.23. The van der Waals surface area contributed by atoms with Gasteiger partial charge in [-0.05, 0) is 74.0 Å². The second-order valence-corrected chi connectivity index (χ2v) is 9.86. The lowest BCUT2D eigenvalue weighted by Crippen LogP contribution is -2.46. The number of nitrogens with one attached hydrogen (secondary N) is 1. The van der Waals surface area contributed by atoms with Gasteiger partial charge in [0.25, 0.3) is 0 Å². The minimum atomic E-state index is -0.332. The minimum Gasteiger partial charge on any atom is -0.494 e. The van der Waals surface area contributed by atoms with Crippen molar-refractivity contribution in [3.63, 3.8) is 0 Å². The van der Waals surface area contributed by atoms with Gasteiger partial charge in [-0.25, -0.2) is 19.1 Å². The van der Waals surface area contributed by atoms with Crippen molar-refractivity contribution in [2.45, 2.75) is 19.9 Å². The number of halogens is 1. The fraction of sp³-hybridized carbons (Fsp3) is 0.121. The predicted octanol–water partition coefficient (Wildman–Crippen LogP) is 7.51. The first-order valence-electron chi connectivity index (χ1n) is 13.6. The average Bonchev–Trinajstić information content (AvgIpc) is 3.33. The molecule has 5 aromatic rings. The molecule has 3 heterocycles. The highest BCUT2D eigenvalue weighted by Gasteiger charge is 2.41. The third-order valence-corrected chi connectivity index (χ3v) is 7.23. The summed E-state index contributed by atoms with van der Waals surface area (Å²) < 4.78 is 21.8. The van der Waals surface area contributed by atoms with Gasteiger partial charge in [0.15, 0.2) is 17.5 Å². The maximum absolute atomic E-state index is 14.2. The number of hydrogen-bond donors (Lipinski definition) is 1. The van der Waals surface area contributed by atoms with Crippen LogP contribution in [-0.2, 0) is 0 Å². The molecule has 2 aliphatic rings. The van der Waals surface area contributed by atoms with E-state index in [-0.39, 0.29) is 11.9 Å². The van der Waals surface area contributed by atoms with E-state index in [0.717, 1.165) is 45.5 Å². The number of aryl methyl sites for hydroxylation is 1. The maximum atomic E-state index is 14.2. The van der Waals surface area contributed by atoms with E-state index in [4.69, 9.17) is 19.8 Å². The SMILES string of the molecule is CCOc1ccc([C@@H]2c3c(C)nn(-c4ccccc4)c3N=C3C(Nc4cccc(F)c4)=Nc4ccccc4N32)cc1. The number of aromatic nitrogens is 2. The van der Waals surface area contributed by atoms with Crippen molar-refractivity contribution < 1.29 is 9.13 Å². The van der Waals surface area contributed by atoms with Gasteiger partial charge >= 0.3 is 0 Å². The molecule has 41 heavy (non-hydrogen) atoms. The summed E-state index contributed by atoms with van der Waals surface area (Å²) in [4.78, 5) is 12.4. The third kappa shape index (κ3) is 4.34. The Labute approximate surface area is 237 Å². The fourth-order valence-corrected chi connectivity index (χ4v) is 5.48. The van der Waals surface area contributed by atoms with E-state index in [1.807, 2.05) is 85.3 Å². The smallest absolute Gasteiger partial charge is 0.179 e. The lowest BCUT2D eigenvalue weighted by Gasteiger charge is -2.40. The summed E-state index contributed by atoms with van der Waals surface area (Å²) in [6.45, 7) is 4.59. The number of hydrogen-bond acceptors (Lipinski definition) is 6. The number of aliphatic imine (C=N–C) groups is 2. The zero-order valence-corrected chi connectivity index (χ0v) is 22.6. The number of para-hydroxylation sites is 3. The van der Waals surface area contributed by atoms with Crippen LogP contribution in [0.15, 0.2) is 113 Å². The van der Waals surface area contributed by atoms with Crippen LogP contribution >= 0.6 is 0 Å². The van der Waals surface area contributed by atoms with Gasteiger partial charge in [-0.1, -0.05) is 48.5 Å². The van der Waals surface area contributed by atoms with Crippen LogP contribution < -0.4 is 15.0 Å². The molecule has 0 fully saturated rings. The van der Waals surface area contributed by atoms with Gasteiger partial charge in [-0.2, -0.15) is 5.10 Å². The number of amidine groups is 2. The lowest BCUT2D eigenvalue weighted by atomic mass is 9.93. The van der Waals surface area contributed by atoms with Crippen LogP contribution in [0.4, 0.5) is 27.3 Å². The van der Waals surface area contributed by atoms with E-state index in [1.54, 1.807) is 6.07 Å². The van der Waals surface area contributed by atoms with Crippen molar-refractivity contribution in [1.29, 1.82) is 0 Å². The van der Waals surface area contributed by atoms with Crippen molar-refractivity contribution in [2.75, 3.05) is 16.8 Å². The number of ether oxygens (including phenoxy) is 1. The Morgan fingerprint density at radius 1 is 0.878 bits per heavy atom. The molecule has 0 radical (unpaired) electrons. The molecule has 0 bridgehead atoms. The summed E-state index contributed by atoms with van der Waals surface area (Å²) in [7, 11) is 0. The van der Waals surface area contributed by atoms with Crippen molar-refractivity contribution in [1.82, 2.24) is 9.78 Å². The summed E-state index contributed by atoms with van der Waals surface area (Å²) in [6.07, 6.45) is 0. The summed E-state index contributed by atoms with van der Waals surface area (Å²) in [5.74, 6) is 2.35. The van der Waals surface area contributed by atoms with E-state index >= 15 is 0 Å². The maximum Gasteiger partial charge on any atom is 0.179 e. The van der Waals surface area contributed by atoms with E-state index < -0.39 is 0 Å². The molecule has 0 saturated carbocycles. The Morgan fingerprint density at radius 3 is 2.44 bits per heavy atom. The minimum absolute atomic E-state index is 0.258. The van der Waals surface area contributed by atoms with Crippen molar-refractivity contribution in [3.8, 4) is 11.4 Å². The Hall–Kier alpha value is -5.24. The molecule has 0 saturated heterocycles. The van der Waals surface area contributed by atoms with Crippen molar-refractivity contribution >= 4 is 34.6 Å². The lowest BCUT2D eigenvalue weighted by molar-refractivity contribution is 0.340. The number of fused-ring (bicyclic) bond motifs is 4. The Balaban J connectivity index is 1.47. The molecular formula is C33H27FN6O. The number of anilines is 2. The molecule has 8 heteroatoms. The Kier molecular flexibility index (Phi) is 6.08. The molecule has 0 unspecified atom stereocenters. The average molecular weight is 543 g/mol. The summed E-state index contributed by atoms with van der Waals surface area (Å²) >= 11 is 0. The van der Waals surface area contributed by atoms with Gasteiger partial charge < -0.3 is 15.0 Å². The molecule has 0 aliphatic carbocycles. The zero-order valence-electron chi connectivity index (χ0n) is 22.6. The number of benzene rings is 4. The fourth-order valence-electron chi connectivity index (χ4n) is 5.48. The van der Waals surface area contributed by atoms with E-state index in [0.29, 0.717) is 24.0 Å². The topological polar surface area (TPSA) is 67.0 Å². The first-order chi connectivity index (χ1) is 20.1. The quantitative estimate of drug-likeness (QED) is 0.250. The van der Waals surface area contributed by atoms with Crippen molar-refractivity contribution in [3.05, 3.63) is 126 Å². The summed E-state index contributed by atoms with van der Waals surface area (Å²) in [5.41, 5.74) is 6.15. The summed E-state index contributed by atoms with van der Waals surface area (Å²) in [6, 6.07) is 32.3. The van der Waals surface area contributed by atoms with E-state index in [2.05, 4.69) is 28.4 Å². The van der Waals surface area contributed by atoms with E-state index in [9.17, 15) is 4.39 Å². The first-order valence-corrected chi connectivity index (χ1v) is 13.6. The van der Waals surface area contributed by atoms with Gasteiger partial charge in [-0.3, -0.25) is 0 Å². The van der Waals surface area contributed by atoms with Crippen LogP contribution in [0, 0.1) is 12.7 Å². The molecule has 1 N–H and O–H groups in total. The predicted molar refractivity (Wildman–Crippen MR) is 161 cm³/mol. The summed E-state index contributed by atoms with van der Waals surface area (Å²) in [5, 5.41) is 8.31. The number of nitrogens with zero attached hydrogens (tertiary/aromatic N) is 5. The van der Waals surface area contributed by atoms with Crippen molar-refractivity contribution in [2.24, 2.45) is 9.98 Å². The first kappa shape index (κ1) is 24.8. The second kappa shape index (κ2) is 10.1. The van der Waals surface area contributed by atoms with Gasteiger partial charge in [0, 0.05) is 11.3 Å². The van der Waals surface area contributed by atoms with Crippen LogP contribution in [0.2, 0.25) is 0 Å². The molecule has 2 aliphatic heterocycles. The highest BCUT2D eigenvalue weighted by molar-refractivity contribution is 6.51. The Bertz CT molecular complexity index is 1810. The van der Waals surface area contributed by atoms with Gasteiger partial charge in [0.1, 0.15) is 11.6 Å². The standard InChI is InChI=1S/C33H27FN6O/c1-3-41-26-18-16-22(17-19-26)30-29-21(2)38-40(25-12-5-4-6-13-25)32(29)37-33-31(35-24-11-9-10-23(34)20-24)36-27-14-7-8-15-28(27)39(30)33/h4-20,30H,3H2,1-2H3,(H,35,36)/t30-/m1/s1. The largest absolute Gasteiger partial charge is 0.494 e. The molecule has 1 aromatic heterocycles. The molecule has 4 aromatic carbocycles.